The zero-order valence-corrected chi connectivity index (χ0v) is 21.4. The van der Waals surface area contributed by atoms with Crippen molar-refractivity contribution in [1.29, 1.82) is 0 Å². The molecule has 1 aromatic rings. The predicted octanol–water partition coefficient (Wildman–Crippen LogP) is 6.84. The molecule has 3 rings (SSSR count). The minimum absolute atomic E-state index is 0.0651. The number of allylic oxidation sites excluding steroid dienone is 1. The Morgan fingerprint density at radius 1 is 1.03 bits per heavy atom. The highest BCUT2D eigenvalue weighted by molar-refractivity contribution is 5.41. The Labute approximate surface area is 200 Å². The van der Waals surface area contributed by atoms with Gasteiger partial charge in [0.25, 0.3) is 0 Å². The molecule has 0 bridgehead atoms. The van der Waals surface area contributed by atoms with E-state index in [-0.39, 0.29) is 5.54 Å². The van der Waals surface area contributed by atoms with Gasteiger partial charge in [0.05, 0.1) is 12.1 Å². The molecule has 1 aromatic carbocycles. The summed E-state index contributed by atoms with van der Waals surface area (Å²) in [5.74, 6) is -1.39. The van der Waals surface area contributed by atoms with Crippen LogP contribution in [0.25, 0.3) is 0 Å². The molecule has 33 heavy (non-hydrogen) atoms. The summed E-state index contributed by atoms with van der Waals surface area (Å²) >= 11 is 0. The van der Waals surface area contributed by atoms with E-state index >= 15 is 8.78 Å². The molecule has 1 unspecified atom stereocenters. The Bertz CT molecular complexity index is 872. The average Bonchev–Trinajstić information content (AvgIpc) is 3.19. The Morgan fingerprint density at radius 2 is 1.67 bits per heavy atom. The standard InChI is InChI=1S/C28H43F2N3/c1-7-16-31(17-8-2)18-10-12-23-13-14-24(27(30)26(23)29)20-32-22(5)25(9-3)21(4)28(6)15-11-19-33(28)32/h13-14H,5,7-12,15-20H2,1-4,6H3. The van der Waals surface area contributed by atoms with E-state index in [2.05, 4.69) is 56.1 Å². The first-order valence-electron chi connectivity index (χ1n) is 12.9. The van der Waals surface area contributed by atoms with E-state index in [1.54, 1.807) is 12.1 Å². The van der Waals surface area contributed by atoms with Gasteiger partial charge in [-0.1, -0.05) is 39.5 Å². The molecule has 3 nitrogen and oxygen atoms in total. The number of aryl methyl sites for hydroxylation is 1. The lowest BCUT2D eigenvalue weighted by Crippen LogP contribution is -2.55. The second kappa shape index (κ2) is 11.1. The second-order valence-electron chi connectivity index (χ2n) is 9.92. The summed E-state index contributed by atoms with van der Waals surface area (Å²) in [7, 11) is 0. The average molecular weight is 460 g/mol. The van der Waals surface area contributed by atoms with Gasteiger partial charge >= 0.3 is 0 Å². The SMILES string of the molecule is C=C1C(CC)=C(C)C2(C)CCCN2N1Cc1ccc(CCCN(CCC)CCC)c(F)c1F. The van der Waals surface area contributed by atoms with Gasteiger partial charge in [0.15, 0.2) is 11.6 Å². The first-order valence-corrected chi connectivity index (χ1v) is 12.9. The van der Waals surface area contributed by atoms with E-state index in [9.17, 15) is 0 Å². The summed E-state index contributed by atoms with van der Waals surface area (Å²) in [4.78, 5) is 2.42. The molecule has 5 heteroatoms. The van der Waals surface area contributed by atoms with Crippen molar-refractivity contribution in [2.75, 3.05) is 26.2 Å². The summed E-state index contributed by atoms with van der Waals surface area (Å²) in [5.41, 5.74) is 4.36. The molecule has 0 aromatic heterocycles. The number of hydrogen-bond acceptors (Lipinski definition) is 3. The Balaban J connectivity index is 1.74. The zero-order valence-electron chi connectivity index (χ0n) is 21.4. The fourth-order valence-electron chi connectivity index (χ4n) is 5.78. The first kappa shape index (κ1) is 25.9. The molecule has 1 fully saturated rings. The van der Waals surface area contributed by atoms with Gasteiger partial charge in [0.2, 0.25) is 0 Å². The van der Waals surface area contributed by atoms with E-state index in [1.165, 1.54) is 11.1 Å². The van der Waals surface area contributed by atoms with Gasteiger partial charge in [0.1, 0.15) is 0 Å². The lowest BCUT2D eigenvalue weighted by atomic mass is 9.83. The van der Waals surface area contributed by atoms with E-state index in [4.69, 9.17) is 0 Å². The second-order valence-corrected chi connectivity index (χ2v) is 9.92. The van der Waals surface area contributed by atoms with E-state index < -0.39 is 11.6 Å². The molecular weight excluding hydrogens is 416 g/mol. The fraction of sp³-hybridized carbons (Fsp3) is 0.643. The van der Waals surface area contributed by atoms with Crippen LogP contribution in [0.4, 0.5) is 8.78 Å². The highest BCUT2D eigenvalue weighted by Gasteiger charge is 2.46. The molecule has 0 saturated carbocycles. The summed E-state index contributed by atoms with van der Waals surface area (Å²) in [6.07, 6.45) is 6.71. The van der Waals surface area contributed by atoms with Crippen molar-refractivity contribution in [3.63, 3.8) is 0 Å². The minimum Gasteiger partial charge on any atom is -0.303 e. The van der Waals surface area contributed by atoms with E-state index in [1.807, 2.05) is 0 Å². The van der Waals surface area contributed by atoms with Gasteiger partial charge in [-0.05, 0) is 95.1 Å². The quantitative estimate of drug-likeness (QED) is 0.358. The van der Waals surface area contributed by atoms with Crippen LogP contribution in [0.2, 0.25) is 0 Å². The summed E-state index contributed by atoms with van der Waals surface area (Å²) in [6.45, 7) is 19.6. The van der Waals surface area contributed by atoms with Crippen LogP contribution in [0, 0.1) is 11.6 Å². The maximum atomic E-state index is 15.2. The number of halogens is 2. The number of nitrogens with zero attached hydrogens (tertiary/aromatic N) is 3. The Hall–Kier alpha value is -1.72. The molecule has 2 aliphatic heterocycles. The molecule has 0 N–H and O–H groups in total. The number of rotatable bonds is 11. The van der Waals surface area contributed by atoms with Crippen LogP contribution in [0.15, 0.2) is 35.6 Å². The largest absolute Gasteiger partial charge is 0.303 e. The van der Waals surface area contributed by atoms with Crippen molar-refractivity contribution >= 4 is 0 Å². The third-order valence-corrected chi connectivity index (χ3v) is 7.73. The zero-order chi connectivity index (χ0) is 24.2. The molecule has 1 saturated heterocycles. The highest BCUT2D eigenvalue weighted by Crippen LogP contribution is 2.46. The van der Waals surface area contributed by atoms with Crippen LogP contribution in [0.1, 0.15) is 84.3 Å². The first-order chi connectivity index (χ1) is 15.8. The molecule has 0 amide bonds. The van der Waals surface area contributed by atoms with Crippen molar-refractivity contribution in [2.45, 2.75) is 91.6 Å². The minimum atomic E-state index is -0.704. The van der Waals surface area contributed by atoms with Crippen LogP contribution < -0.4 is 0 Å². The monoisotopic (exact) mass is 459 g/mol. The summed E-state index contributed by atoms with van der Waals surface area (Å²) < 4.78 is 30.2. The number of benzene rings is 1. The van der Waals surface area contributed by atoms with Crippen LogP contribution in [0.5, 0.6) is 0 Å². The molecule has 0 radical (unpaired) electrons. The lowest BCUT2D eigenvalue weighted by Gasteiger charge is -2.50. The summed E-state index contributed by atoms with van der Waals surface area (Å²) in [6, 6.07) is 3.57. The van der Waals surface area contributed by atoms with Gasteiger partial charge in [-0.25, -0.2) is 13.8 Å². The summed E-state index contributed by atoms with van der Waals surface area (Å²) in [5, 5.41) is 4.43. The van der Waals surface area contributed by atoms with Crippen LogP contribution in [0.3, 0.4) is 0 Å². The smallest absolute Gasteiger partial charge is 0.164 e. The normalized spacial score (nSPS) is 21.5. The predicted molar refractivity (Wildman–Crippen MR) is 134 cm³/mol. The molecular formula is C28H43F2N3. The molecule has 2 heterocycles. The molecule has 0 aliphatic carbocycles. The Kier molecular flexibility index (Phi) is 8.74. The van der Waals surface area contributed by atoms with Crippen LogP contribution in [-0.4, -0.2) is 46.6 Å². The van der Waals surface area contributed by atoms with Gasteiger partial charge in [-0.3, -0.25) is 0 Å². The van der Waals surface area contributed by atoms with Crippen LogP contribution in [-0.2, 0) is 13.0 Å². The molecule has 0 spiro atoms. The maximum Gasteiger partial charge on any atom is 0.164 e. The number of hydrazine groups is 1. The Morgan fingerprint density at radius 3 is 2.30 bits per heavy atom. The highest BCUT2D eigenvalue weighted by atomic mass is 19.2. The topological polar surface area (TPSA) is 9.72 Å². The number of fused-ring (bicyclic) bond motifs is 1. The van der Waals surface area contributed by atoms with E-state index in [0.717, 1.165) is 70.4 Å². The number of hydrogen-bond donors (Lipinski definition) is 0. The van der Waals surface area contributed by atoms with Crippen molar-refractivity contribution in [3.05, 3.63) is 58.3 Å². The third kappa shape index (κ3) is 5.19. The van der Waals surface area contributed by atoms with Crippen LogP contribution >= 0.6 is 0 Å². The van der Waals surface area contributed by atoms with Gasteiger partial charge in [-0.15, -0.1) is 0 Å². The third-order valence-electron chi connectivity index (χ3n) is 7.73. The fourth-order valence-corrected chi connectivity index (χ4v) is 5.78. The lowest BCUT2D eigenvalue weighted by molar-refractivity contribution is -0.0499. The molecule has 2 aliphatic rings. The van der Waals surface area contributed by atoms with Crippen molar-refractivity contribution < 1.29 is 8.78 Å². The maximum absolute atomic E-state index is 15.2. The van der Waals surface area contributed by atoms with Crippen molar-refractivity contribution in [2.24, 2.45) is 0 Å². The molecule has 1 atom stereocenters. The van der Waals surface area contributed by atoms with Crippen molar-refractivity contribution in [3.8, 4) is 0 Å². The van der Waals surface area contributed by atoms with Gasteiger partial charge in [0, 0.05) is 17.8 Å². The van der Waals surface area contributed by atoms with Gasteiger partial charge in [-0.2, -0.15) is 0 Å². The van der Waals surface area contributed by atoms with Crippen molar-refractivity contribution in [1.82, 2.24) is 14.9 Å². The van der Waals surface area contributed by atoms with E-state index in [0.29, 0.717) is 24.1 Å². The van der Waals surface area contributed by atoms with Gasteiger partial charge < -0.3 is 9.91 Å². The molecule has 184 valence electrons.